The Labute approximate surface area is 143 Å². The van der Waals surface area contributed by atoms with Gasteiger partial charge in [-0.05, 0) is 51.0 Å². The van der Waals surface area contributed by atoms with Crippen molar-refractivity contribution in [2.45, 2.75) is 63.1 Å². The van der Waals surface area contributed by atoms with Crippen molar-refractivity contribution in [3.63, 3.8) is 0 Å². The highest BCUT2D eigenvalue weighted by Crippen LogP contribution is 2.35. The molecule has 1 aromatic carbocycles. The van der Waals surface area contributed by atoms with Gasteiger partial charge < -0.3 is 15.4 Å². The molecule has 2 rings (SSSR count). The second-order valence-corrected chi connectivity index (χ2v) is 8.02. The second kappa shape index (κ2) is 8.06. The number of benzene rings is 1. The van der Waals surface area contributed by atoms with E-state index in [1.165, 1.54) is 10.5 Å². The quantitative estimate of drug-likeness (QED) is 0.849. The van der Waals surface area contributed by atoms with Crippen molar-refractivity contribution in [1.29, 1.82) is 0 Å². The Morgan fingerprint density at radius 3 is 2.83 bits per heavy atom. The molecule has 2 atom stereocenters. The summed E-state index contributed by atoms with van der Waals surface area (Å²) in [5.74, 6) is 1.13. The van der Waals surface area contributed by atoms with Crippen LogP contribution in [0.1, 0.15) is 52.1 Å². The smallest absolute Gasteiger partial charge is 0.407 e. The molecule has 1 aromatic rings. The third kappa shape index (κ3) is 5.74. The maximum Gasteiger partial charge on any atom is 0.407 e. The normalized spacial score (nSPS) is 18.9. The van der Waals surface area contributed by atoms with Crippen LogP contribution in [0, 0.1) is 0 Å². The summed E-state index contributed by atoms with van der Waals surface area (Å²) < 4.78 is 5.34. The predicted molar refractivity (Wildman–Crippen MR) is 96.0 cm³/mol. The van der Waals surface area contributed by atoms with E-state index in [9.17, 15) is 4.79 Å². The molecule has 0 aromatic heterocycles. The summed E-state index contributed by atoms with van der Waals surface area (Å²) in [6, 6.07) is 9.00. The molecule has 0 aliphatic carbocycles. The first kappa shape index (κ1) is 18.1. The zero-order chi connectivity index (χ0) is 16.9. The molecule has 0 fully saturated rings. The lowest BCUT2D eigenvalue weighted by molar-refractivity contribution is 0.0502. The number of amides is 1. The first-order valence-electron chi connectivity index (χ1n) is 8.33. The Morgan fingerprint density at radius 2 is 2.13 bits per heavy atom. The molecule has 2 N–H and O–H groups in total. The Balaban J connectivity index is 1.88. The van der Waals surface area contributed by atoms with Gasteiger partial charge in [0.25, 0.3) is 0 Å². The zero-order valence-electron chi connectivity index (χ0n) is 14.5. The summed E-state index contributed by atoms with van der Waals surface area (Å²) in [5.41, 5.74) is 0.908. The fraction of sp³-hybridized carbons (Fsp3) is 0.611. The number of ether oxygens (including phenoxy) is 1. The van der Waals surface area contributed by atoms with Crippen LogP contribution < -0.4 is 10.6 Å². The van der Waals surface area contributed by atoms with E-state index in [1.54, 1.807) is 0 Å². The largest absolute Gasteiger partial charge is 0.444 e. The standard InChI is InChI=1S/C18H28N2O2S/c1-5-13(20-17(21)22-18(2,3)4)12-19-15-10-11-23-16-9-7-6-8-14(15)16/h6-9,13,15,19H,5,10-12H2,1-4H3,(H,20,21). The molecule has 5 heteroatoms. The molecule has 2 unspecified atom stereocenters. The number of nitrogens with one attached hydrogen (secondary N) is 2. The molecule has 4 nitrogen and oxygen atoms in total. The number of carbonyl (C=O) groups excluding carboxylic acids is 1. The van der Waals surface area contributed by atoms with E-state index in [4.69, 9.17) is 4.74 Å². The van der Waals surface area contributed by atoms with Gasteiger partial charge in [-0.3, -0.25) is 0 Å². The monoisotopic (exact) mass is 336 g/mol. The van der Waals surface area contributed by atoms with Gasteiger partial charge in [-0.1, -0.05) is 25.1 Å². The van der Waals surface area contributed by atoms with E-state index in [0.29, 0.717) is 6.04 Å². The Hall–Kier alpha value is -1.20. The van der Waals surface area contributed by atoms with Crippen molar-refractivity contribution in [2.24, 2.45) is 0 Å². The molecular weight excluding hydrogens is 308 g/mol. The first-order valence-corrected chi connectivity index (χ1v) is 9.32. The van der Waals surface area contributed by atoms with Crippen LogP contribution >= 0.6 is 11.8 Å². The number of hydrogen-bond donors (Lipinski definition) is 2. The van der Waals surface area contributed by atoms with E-state index in [-0.39, 0.29) is 12.1 Å². The van der Waals surface area contributed by atoms with Crippen LogP contribution in [-0.4, -0.2) is 30.0 Å². The third-order valence-electron chi connectivity index (χ3n) is 3.78. The van der Waals surface area contributed by atoms with E-state index in [1.807, 2.05) is 32.5 Å². The topological polar surface area (TPSA) is 50.4 Å². The minimum Gasteiger partial charge on any atom is -0.444 e. The summed E-state index contributed by atoms with van der Waals surface area (Å²) >= 11 is 1.92. The van der Waals surface area contributed by atoms with Gasteiger partial charge in [0, 0.05) is 23.5 Å². The average molecular weight is 337 g/mol. The molecule has 0 saturated heterocycles. The van der Waals surface area contributed by atoms with Crippen LogP contribution in [0.2, 0.25) is 0 Å². The van der Waals surface area contributed by atoms with Crippen LogP contribution in [0.3, 0.4) is 0 Å². The molecule has 1 aliphatic rings. The summed E-state index contributed by atoms with van der Waals surface area (Å²) in [6.07, 6.45) is 1.64. The lowest BCUT2D eigenvalue weighted by atomic mass is 10.0. The van der Waals surface area contributed by atoms with Crippen molar-refractivity contribution in [2.75, 3.05) is 12.3 Å². The lowest BCUT2D eigenvalue weighted by Crippen LogP contribution is -2.44. The molecule has 0 bridgehead atoms. The number of carbonyl (C=O) groups is 1. The highest BCUT2D eigenvalue weighted by molar-refractivity contribution is 7.99. The molecule has 1 amide bonds. The van der Waals surface area contributed by atoms with E-state index >= 15 is 0 Å². The van der Waals surface area contributed by atoms with Crippen molar-refractivity contribution < 1.29 is 9.53 Å². The van der Waals surface area contributed by atoms with Crippen LogP contribution in [-0.2, 0) is 4.74 Å². The lowest BCUT2D eigenvalue weighted by Gasteiger charge is -2.28. The number of alkyl carbamates (subject to hydrolysis) is 1. The van der Waals surface area contributed by atoms with Gasteiger partial charge in [-0.2, -0.15) is 0 Å². The van der Waals surface area contributed by atoms with E-state index in [2.05, 4.69) is 41.8 Å². The van der Waals surface area contributed by atoms with Crippen LogP contribution in [0.4, 0.5) is 4.79 Å². The van der Waals surface area contributed by atoms with Gasteiger partial charge in [-0.25, -0.2) is 4.79 Å². The highest BCUT2D eigenvalue weighted by atomic mass is 32.2. The Kier molecular flexibility index (Phi) is 6.36. The van der Waals surface area contributed by atoms with Gasteiger partial charge in [0.05, 0.1) is 0 Å². The van der Waals surface area contributed by atoms with Gasteiger partial charge in [0.15, 0.2) is 0 Å². The van der Waals surface area contributed by atoms with Crippen molar-refractivity contribution >= 4 is 17.9 Å². The van der Waals surface area contributed by atoms with Crippen LogP contribution in [0.15, 0.2) is 29.2 Å². The molecule has 0 saturated carbocycles. The summed E-state index contributed by atoms with van der Waals surface area (Å²) in [5, 5.41) is 6.57. The molecule has 0 spiro atoms. The Bertz CT molecular complexity index is 528. The second-order valence-electron chi connectivity index (χ2n) is 6.89. The summed E-state index contributed by atoms with van der Waals surface area (Å²) in [6.45, 7) is 8.46. The van der Waals surface area contributed by atoms with Crippen molar-refractivity contribution in [3.05, 3.63) is 29.8 Å². The molecule has 0 radical (unpaired) electrons. The summed E-state index contributed by atoms with van der Waals surface area (Å²) in [4.78, 5) is 13.3. The molecule has 1 aliphatic heterocycles. The molecular formula is C18H28N2O2S. The minimum atomic E-state index is -0.463. The number of fused-ring (bicyclic) bond motifs is 1. The molecule has 1 heterocycles. The zero-order valence-corrected chi connectivity index (χ0v) is 15.3. The van der Waals surface area contributed by atoms with Gasteiger partial charge >= 0.3 is 6.09 Å². The SMILES string of the molecule is CCC(CNC1CCSc2ccccc21)NC(=O)OC(C)(C)C. The number of thioether (sulfide) groups is 1. The first-order chi connectivity index (χ1) is 10.9. The highest BCUT2D eigenvalue weighted by Gasteiger charge is 2.22. The van der Waals surface area contributed by atoms with E-state index in [0.717, 1.165) is 25.1 Å². The maximum absolute atomic E-state index is 11.9. The third-order valence-corrected chi connectivity index (χ3v) is 4.91. The van der Waals surface area contributed by atoms with Crippen LogP contribution in [0.25, 0.3) is 0 Å². The van der Waals surface area contributed by atoms with E-state index < -0.39 is 5.60 Å². The fourth-order valence-electron chi connectivity index (χ4n) is 2.61. The summed E-state index contributed by atoms with van der Waals surface area (Å²) in [7, 11) is 0. The average Bonchev–Trinajstić information content (AvgIpc) is 2.49. The van der Waals surface area contributed by atoms with Crippen LogP contribution in [0.5, 0.6) is 0 Å². The number of hydrogen-bond acceptors (Lipinski definition) is 4. The molecule has 128 valence electrons. The Morgan fingerprint density at radius 1 is 1.39 bits per heavy atom. The van der Waals surface area contributed by atoms with Crippen molar-refractivity contribution in [3.8, 4) is 0 Å². The van der Waals surface area contributed by atoms with Crippen molar-refractivity contribution in [1.82, 2.24) is 10.6 Å². The maximum atomic E-state index is 11.9. The predicted octanol–water partition coefficient (Wildman–Crippen LogP) is 4.12. The minimum absolute atomic E-state index is 0.0755. The number of rotatable bonds is 5. The molecule has 23 heavy (non-hydrogen) atoms. The fourth-order valence-corrected chi connectivity index (χ4v) is 3.74. The van der Waals surface area contributed by atoms with Gasteiger partial charge in [0.2, 0.25) is 0 Å². The van der Waals surface area contributed by atoms with Gasteiger partial charge in [-0.15, -0.1) is 11.8 Å². The van der Waals surface area contributed by atoms with Gasteiger partial charge in [0.1, 0.15) is 5.60 Å².